The molecule has 2 aromatic carbocycles. The fourth-order valence-electron chi connectivity index (χ4n) is 3.18. The molecular weight excluding hydrogens is 358 g/mol. The van der Waals surface area contributed by atoms with Crippen LogP contribution < -0.4 is 4.90 Å². The minimum absolute atomic E-state index is 0.000286. The standard InChI is InChI=1S/C19H20ClNO3S/c1-13-4-3-5-18(14(13)2)21(17-10-11-25(23,24)12-17)19(22)15-6-8-16(20)9-7-15/h3-9,17H,10-12H2,1-2H3. The van der Waals surface area contributed by atoms with Crippen molar-refractivity contribution >= 4 is 33.0 Å². The zero-order valence-electron chi connectivity index (χ0n) is 14.2. The molecule has 0 saturated carbocycles. The summed E-state index contributed by atoms with van der Waals surface area (Å²) < 4.78 is 24.0. The molecule has 0 radical (unpaired) electrons. The van der Waals surface area contributed by atoms with Crippen LogP contribution in [0.15, 0.2) is 42.5 Å². The average molecular weight is 378 g/mol. The molecule has 0 bridgehead atoms. The number of carbonyl (C=O) groups is 1. The van der Waals surface area contributed by atoms with Crippen molar-refractivity contribution in [1.29, 1.82) is 0 Å². The molecule has 4 nitrogen and oxygen atoms in total. The molecule has 1 fully saturated rings. The molecule has 1 aliphatic heterocycles. The first-order valence-corrected chi connectivity index (χ1v) is 10.3. The van der Waals surface area contributed by atoms with E-state index < -0.39 is 9.84 Å². The first-order chi connectivity index (χ1) is 11.8. The van der Waals surface area contributed by atoms with Gasteiger partial charge < -0.3 is 4.90 Å². The zero-order valence-corrected chi connectivity index (χ0v) is 15.8. The number of rotatable bonds is 3. The number of hydrogen-bond acceptors (Lipinski definition) is 3. The van der Waals surface area contributed by atoms with Crippen LogP contribution in [0.2, 0.25) is 5.02 Å². The Labute approximate surface area is 153 Å². The summed E-state index contributed by atoms with van der Waals surface area (Å²) in [7, 11) is -3.11. The third-order valence-corrected chi connectivity index (χ3v) is 6.72. The highest BCUT2D eigenvalue weighted by molar-refractivity contribution is 7.91. The Kier molecular flexibility index (Phi) is 4.89. The molecule has 2 aromatic rings. The number of hydrogen-bond donors (Lipinski definition) is 0. The van der Waals surface area contributed by atoms with E-state index in [1.165, 1.54) is 0 Å². The van der Waals surface area contributed by atoms with Gasteiger partial charge in [0.25, 0.3) is 5.91 Å². The van der Waals surface area contributed by atoms with E-state index in [1.54, 1.807) is 29.2 Å². The third kappa shape index (κ3) is 3.72. The number of amides is 1. The molecule has 132 valence electrons. The fourth-order valence-corrected chi connectivity index (χ4v) is 5.00. The predicted octanol–water partition coefficient (Wildman–Crippen LogP) is 3.79. The molecule has 25 heavy (non-hydrogen) atoms. The maximum absolute atomic E-state index is 13.2. The van der Waals surface area contributed by atoms with Gasteiger partial charge in [0.15, 0.2) is 9.84 Å². The summed E-state index contributed by atoms with van der Waals surface area (Å²) in [6.07, 6.45) is 0.453. The first-order valence-electron chi connectivity index (χ1n) is 8.14. The highest BCUT2D eigenvalue weighted by Crippen LogP contribution is 2.30. The van der Waals surface area contributed by atoms with E-state index in [0.717, 1.165) is 16.8 Å². The molecule has 1 amide bonds. The van der Waals surface area contributed by atoms with Gasteiger partial charge in [-0.3, -0.25) is 4.79 Å². The van der Waals surface area contributed by atoms with E-state index in [4.69, 9.17) is 11.6 Å². The second kappa shape index (κ2) is 6.81. The number of sulfone groups is 1. The number of halogens is 1. The minimum Gasteiger partial charge on any atom is -0.304 e. The Morgan fingerprint density at radius 1 is 1.12 bits per heavy atom. The fraction of sp³-hybridized carbons (Fsp3) is 0.316. The Balaban J connectivity index is 2.07. The van der Waals surface area contributed by atoms with Gasteiger partial charge in [0, 0.05) is 16.3 Å². The molecule has 0 aromatic heterocycles. The SMILES string of the molecule is Cc1cccc(N(C(=O)c2ccc(Cl)cc2)C2CCS(=O)(=O)C2)c1C. The maximum Gasteiger partial charge on any atom is 0.258 e. The molecule has 1 aliphatic rings. The molecule has 1 heterocycles. The molecule has 1 saturated heterocycles. The highest BCUT2D eigenvalue weighted by atomic mass is 35.5. The lowest BCUT2D eigenvalue weighted by Gasteiger charge is -2.30. The van der Waals surface area contributed by atoms with Gasteiger partial charge in [0.2, 0.25) is 0 Å². The Morgan fingerprint density at radius 2 is 1.80 bits per heavy atom. The monoisotopic (exact) mass is 377 g/mol. The van der Waals surface area contributed by atoms with Crippen LogP contribution in [0.3, 0.4) is 0 Å². The van der Waals surface area contributed by atoms with Crippen LogP contribution in [0.4, 0.5) is 5.69 Å². The van der Waals surface area contributed by atoms with E-state index in [-0.39, 0.29) is 23.5 Å². The third-order valence-electron chi connectivity index (χ3n) is 4.72. The van der Waals surface area contributed by atoms with Crippen LogP contribution in [-0.4, -0.2) is 31.9 Å². The lowest BCUT2D eigenvalue weighted by atomic mass is 10.0. The van der Waals surface area contributed by atoms with Gasteiger partial charge in [0.1, 0.15) is 0 Å². The van der Waals surface area contributed by atoms with E-state index in [2.05, 4.69) is 0 Å². The molecular formula is C19H20ClNO3S. The van der Waals surface area contributed by atoms with Gasteiger partial charge in [-0.2, -0.15) is 0 Å². The van der Waals surface area contributed by atoms with Crippen molar-refractivity contribution in [2.45, 2.75) is 26.3 Å². The van der Waals surface area contributed by atoms with E-state index >= 15 is 0 Å². The van der Waals surface area contributed by atoms with Crippen molar-refractivity contribution in [2.24, 2.45) is 0 Å². The second-order valence-corrected chi connectivity index (χ2v) is 9.12. The normalized spacial score (nSPS) is 18.9. The molecule has 0 aliphatic carbocycles. The number of anilines is 1. The summed E-state index contributed by atoms with van der Waals surface area (Å²) in [6, 6.07) is 12.1. The van der Waals surface area contributed by atoms with Crippen molar-refractivity contribution in [3.63, 3.8) is 0 Å². The molecule has 1 unspecified atom stereocenters. The minimum atomic E-state index is -3.11. The Bertz CT molecular complexity index is 907. The Morgan fingerprint density at radius 3 is 2.40 bits per heavy atom. The molecule has 6 heteroatoms. The topological polar surface area (TPSA) is 54.5 Å². The number of aryl methyl sites for hydroxylation is 1. The lowest BCUT2D eigenvalue weighted by Crippen LogP contribution is -2.41. The van der Waals surface area contributed by atoms with Gasteiger partial charge in [0.05, 0.1) is 17.5 Å². The summed E-state index contributed by atoms with van der Waals surface area (Å²) in [5.41, 5.74) is 3.30. The molecule has 3 rings (SSSR count). The summed E-state index contributed by atoms with van der Waals surface area (Å²) in [4.78, 5) is 14.9. The van der Waals surface area contributed by atoms with Crippen LogP contribution in [0.25, 0.3) is 0 Å². The van der Waals surface area contributed by atoms with Crippen molar-refractivity contribution in [3.05, 3.63) is 64.2 Å². The van der Waals surface area contributed by atoms with Crippen LogP contribution in [0, 0.1) is 13.8 Å². The van der Waals surface area contributed by atoms with Gasteiger partial charge >= 0.3 is 0 Å². The first kappa shape index (κ1) is 18.0. The van der Waals surface area contributed by atoms with Crippen molar-refractivity contribution in [2.75, 3.05) is 16.4 Å². The highest BCUT2D eigenvalue weighted by Gasteiger charge is 2.36. The molecule has 1 atom stereocenters. The van der Waals surface area contributed by atoms with Crippen LogP contribution in [-0.2, 0) is 9.84 Å². The summed E-state index contributed by atoms with van der Waals surface area (Å²) >= 11 is 5.92. The van der Waals surface area contributed by atoms with Crippen LogP contribution in [0.1, 0.15) is 27.9 Å². The van der Waals surface area contributed by atoms with Gasteiger partial charge in [-0.15, -0.1) is 0 Å². The number of benzene rings is 2. The quantitative estimate of drug-likeness (QED) is 0.817. The molecule has 0 N–H and O–H groups in total. The zero-order chi connectivity index (χ0) is 18.2. The van der Waals surface area contributed by atoms with E-state index in [1.807, 2.05) is 32.0 Å². The number of carbonyl (C=O) groups excluding carboxylic acids is 1. The van der Waals surface area contributed by atoms with Gasteiger partial charge in [-0.05, 0) is 61.7 Å². The Hall–Kier alpha value is -1.85. The van der Waals surface area contributed by atoms with Gasteiger partial charge in [-0.1, -0.05) is 23.7 Å². The smallest absolute Gasteiger partial charge is 0.258 e. The van der Waals surface area contributed by atoms with Crippen molar-refractivity contribution in [3.8, 4) is 0 Å². The van der Waals surface area contributed by atoms with Gasteiger partial charge in [-0.25, -0.2) is 8.42 Å². The van der Waals surface area contributed by atoms with Crippen molar-refractivity contribution in [1.82, 2.24) is 0 Å². The van der Waals surface area contributed by atoms with Crippen LogP contribution in [0.5, 0.6) is 0 Å². The molecule has 0 spiro atoms. The average Bonchev–Trinajstić information content (AvgIpc) is 2.92. The van der Waals surface area contributed by atoms with Crippen LogP contribution >= 0.6 is 11.6 Å². The maximum atomic E-state index is 13.2. The summed E-state index contributed by atoms with van der Waals surface area (Å²) in [6.45, 7) is 3.94. The summed E-state index contributed by atoms with van der Waals surface area (Å²) in [5, 5.41) is 0.554. The number of nitrogens with zero attached hydrogens (tertiary/aromatic N) is 1. The summed E-state index contributed by atoms with van der Waals surface area (Å²) in [5.74, 6) is -0.0837. The predicted molar refractivity (Wildman–Crippen MR) is 101 cm³/mol. The van der Waals surface area contributed by atoms with Crippen molar-refractivity contribution < 1.29 is 13.2 Å². The largest absolute Gasteiger partial charge is 0.304 e. The van der Waals surface area contributed by atoms with E-state index in [9.17, 15) is 13.2 Å². The second-order valence-electron chi connectivity index (χ2n) is 6.46. The van der Waals surface area contributed by atoms with E-state index in [0.29, 0.717) is 17.0 Å². The lowest BCUT2D eigenvalue weighted by molar-refractivity contribution is 0.0979.